The molecule has 0 fully saturated rings. The Kier molecular flexibility index (Phi) is 5.15. The van der Waals surface area contributed by atoms with Crippen LogP contribution in [0.3, 0.4) is 0 Å². The van der Waals surface area contributed by atoms with E-state index < -0.39 is 0 Å². The van der Waals surface area contributed by atoms with Gasteiger partial charge in [-0.25, -0.2) is 15.0 Å². The molecule has 0 aliphatic rings. The van der Waals surface area contributed by atoms with E-state index in [1.165, 1.54) is 6.33 Å². The molecule has 5 rings (SSSR count). The van der Waals surface area contributed by atoms with Gasteiger partial charge in [-0.15, -0.1) is 0 Å². The molecule has 8 heteroatoms. The summed E-state index contributed by atoms with van der Waals surface area (Å²) in [6.45, 7) is 0. The maximum Gasteiger partial charge on any atom is 0.291 e. The molecule has 0 bridgehead atoms. The van der Waals surface area contributed by atoms with E-state index >= 15 is 0 Å². The Morgan fingerprint density at radius 3 is 2.25 bits per heavy atom. The van der Waals surface area contributed by atoms with Gasteiger partial charge in [-0.3, -0.25) is 4.79 Å². The van der Waals surface area contributed by atoms with E-state index in [1.807, 2.05) is 54.6 Å². The lowest BCUT2D eigenvalue weighted by Gasteiger charge is -2.09. The minimum Gasteiger partial charge on any atom is -0.451 e. The summed E-state index contributed by atoms with van der Waals surface area (Å²) in [6.07, 6.45) is 3.17. The maximum atomic E-state index is 12.5. The van der Waals surface area contributed by atoms with E-state index in [0.717, 1.165) is 11.1 Å². The lowest BCUT2D eigenvalue weighted by atomic mass is 10.2. The summed E-state index contributed by atoms with van der Waals surface area (Å²) in [5.74, 6) is 1.90. The van der Waals surface area contributed by atoms with Crippen molar-refractivity contribution in [2.45, 2.75) is 0 Å². The Bertz CT molecular complexity index is 1330. The zero-order valence-corrected chi connectivity index (χ0v) is 16.8. The van der Waals surface area contributed by atoms with Crippen LogP contribution in [0.2, 0.25) is 0 Å². The van der Waals surface area contributed by atoms with E-state index in [0.29, 0.717) is 28.7 Å². The SMILES string of the molecule is O=C(Nc1ccc(Nc2cc(Nc3ccccn3)ncn2)cc1)c1cc2ccccc2o1. The molecule has 1 amide bonds. The van der Waals surface area contributed by atoms with Crippen LogP contribution in [0.5, 0.6) is 0 Å². The number of aromatic nitrogens is 3. The smallest absolute Gasteiger partial charge is 0.291 e. The largest absolute Gasteiger partial charge is 0.451 e. The van der Waals surface area contributed by atoms with E-state index in [-0.39, 0.29) is 11.7 Å². The second kappa shape index (κ2) is 8.57. The van der Waals surface area contributed by atoms with Gasteiger partial charge in [0.15, 0.2) is 5.76 Å². The van der Waals surface area contributed by atoms with Gasteiger partial charge >= 0.3 is 0 Å². The molecule has 0 saturated heterocycles. The van der Waals surface area contributed by atoms with Crippen LogP contribution in [0.4, 0.5) is 28.8 Å². The van der Waals surface area contributed by atoms with Crippen molar-refractivity contribution in [3.8, 4) is 0 Å². The molecule has 0 aliphatic heterocycles. The fourth-order valence-electron chi connectivity index (χ4n) is 3.13. The van der Waals surface area contributed by atoms with Crippen molar-refractivity contribution in [2.24, 2.45) is 0 Å². The van der Waals surface area contributed by atoms with Gasteiger partial charge in [0, 0.05) is 29.0 Å². The van der Waals surface area contributed by atoms with E-state index in [1.54, 1.807) is 30.5 Å². The van der Waals surface area contributed by atoms with Crippen molar-refractivity contribution >= 4 is 45.7 Å². The first kappa shape index (κ1) is 19.3. The lowest BCUT2D eigenvalue weighted by molar-refractivity contribution is 0.0998. The number of para-hydroxylation sites is 1. The molecule has 32 heavy (non-hydrogen) atoms. The van der Waals surface area contributed by atoms with Crippen LogP contribution >= 0.6 is 0 Å². The zero-order chi connectivity index (χ0) is 21.8. The number of fused-ring (bicyclic) bond motifs is 1. The standard InChI is InChI=1S/C24H18N6O2/c31-24(20-13-16-5-1-2-6-19(16)32-20)29-18-10-8-17(9-11-18)28-22-14-23(27-15-26-22)30-21-7-3-4-12-25-21/h1-15H,(H,29,31)(H2,25,26,27,28,30). The topological polar surface area (TPSA) is 105 Å². The summed E-state index contributed by atoms with van der Waals surface area (Å²) in [5, 5.41) is 10.1. The Morgan fingerprint density at radius 1 is 0.719 bits per heavy atom. The molecule has 3 N–H and O–H groups in total. The first-order chi connectivity index (χ1) is 15.7. The molecule has 8 nitrogen and oxygen atoms in total. The highest BCUT2D eigenvalue weighted by Crippen LogP contribution is 2.22. The number of carbonyl (C=O) groups is 1. The second-order valence-electron chi connectivity index (χ2n) is 6.93. The predicted octanol–water partition coefficient (Wildman–Crippen LogP) is 5.36. The number of hydrogen-bond acceptors (Lipinski definition) is 7. The van der Waals surface area contributed by atoms with Crippen molar-refractivity contribution in [1.82, 2.24) is 15.0 Å². The summed E-state index contributed by atoms with van der Waals surface area (Å²) >= 11 is 0. The average Bonchev–Trinajstić information content (AvgIpc) is 3.26. The summed E-state index contributed by atoms with van der Waals surface area (Å²) in [7, 11) is 0. The van der Waals surface area contributed by atoms with Gasteiger partial charge < -0.3 is 20.4 Å². The molecule has 0 unspecified atom stereocenters. The van der Waals surface area contributed by atoms with E-state index in [2.05, 4.69) is 30.9 Å². The zero-order valence-electron chi connectivity index (χ0n) is 16.8. The van der Waals surface area contributed by atoms with Gasteiger partial charge in [-0.1, -0.05) is 24.3 Å². The van der Waals surface area contributed by atoms with Gasteiger partial charge in [0.2, 0.25) is 0 Å². The summed E-state index contributed by atoms with van der Waals surface area (Å²) in [6, 6.07) is 23.9. The molecular weight excluding hydrogens is 404 g/mol. The van der Waals surface area contributed by atoms with Gasteiger partial charge in [0.25, 0.3) is 5.91 Å². The molecule has 156 valence electrons. The van der Waals surface area contributed by atoms with Gasteiger partial charge in [0.1, 0.15) is 29.4 Å². The van der Waals surface area contributed by atoms with E-state index in [9.17, 15) is 4.79 Å². The van der Waals surface area contributed by atoms with Crippen molar-refractivity contribution in [3.63, 3.8) is 0 Å². The quantitative estimate of drug-likeness (QED) is 0.338. The van der Waals surface area contributed by atoms with Crippen LogP contribution in [-0.2, 0) is 0 Å². The third kappa shape index (κ3) is 4.39. The molecule has 3 aromatic heterocycles. The predicted molar refractivity (Wildman–Crippen MR) is 123 cm³/mol. The number of furan rings is 1. The Morgan fingerprint density at radius 2 is 1.47 bits per heavy atom. The number of hydrogen-bond donors (Lipinski definition) is 3. The summed E-state index contributed by atoms with van der Waals surface area (Å²) < 4.78 is 5.61. The molecule has 0 spiro atoms. The third-order valence-electron chi connectivity index (χ3n) is 4.65. The highest BCUT2D eigenvalue weighted by Gasteiger charge is 2.12. The van der Waals surface area contributed by atoms with Crippen molar-refractivity contribution in [1.29, 1.82) is 0 Å². The monoisotopic (exact) mass is 422 g/mol. The molecule has 2 aromatic carbocycles. The molecular formula is C24H18N6O2. The number of amides is 1. The number of rotatable bonds is 6. The molecule has 3 heterocycles. The number of carbonyl (C=O) groups excluding carboxylic acids is 1. The Balaban J connectivity index is 1.24. The normalized spacial score (nSPS) is 10.6. The Hall–Kier alpha value is -4.72. The van der Waals surface area contributed by atoms with Crippen molar-refractivity contribution in [3.05, 3.63) is 97.1 Å². The highest BCUT2D eigenvalue weighted by atomic mass is 16.3. The number of nitrogens with one attached hydrogen (secondary N) is 3. The van der Waals surface area contributed by atoms with Crippen LogP contribution in [0, 0.1) is 0 Å². The maximum absolute atomic E-state index is 12.5. The van der Waals surface area contributed by atoms with Gasteiger partial charge in [-0.05, 0) is 48.5 Å². The fraction of sp³-hybridized carbons (Fsp3) is 0. The number of nitrogens with zero attached hydrogens (tertiary/aromatic N) is 3. The van der Waals surface area contributed by atoms with Crippen LogP contribution in [0.25, 0.3) is 11.0 Å². The van der Waals surface area contributed by atoms with Gasteiger partial charge in [-0.2, -0.15) is 0 Å². The van der Waals surface area contributed by atoms with Crippen LogP contribution in [-0.4, -0.2) is 20.9 Å². The Labute approximate surface area is 183 Å². The first-order valence-electron chi connectivity index (χ1n) is 9.90. The minimum absolute atomic E-state index is 0.266. The number of anilines is 5. The number of pyridine rings is 1. The number of benzene rings is 2. The first-order valence-corrected chi connectivity index (χ1v) is 9.90. The van der Waals surface area contributed by atoms with Crippen molar-refractivity contribution in [2.75, 3.05) is 16.0 Å². The summed E-state index contributed by atoms with van der Waals surface area (Å²) in [4.78, 5) is 25.2. The molecule has 0 radical (unpaired) electrons. The van der Waals surface area contributed by atoms with Crippen LogP contribution in [0.15, 0.2) is 95.8 Å². The summed E-state index contributed by atoms with van der Waals surface area (Å²) in [5.41, 5.74) is 2.15. The molecule has 0 saturated carbocycles. The van der Waals surface area contributed by atoms with Crippen LogP contribution < -0.4 is 16.0 Å². The molecule has 0 aliphatic carbocycles. The van der Waals surface area contributed by atoms with Gasteiger partial charge in [0.05, 0.1) is 0 Å². The highest BCUT2D eigenvalue weighted by molar-refractivity contribution is 6.04. The molecule has 5 aromatic rings. The fourth-order valence-corrected chi connectivity index (χ4v) is 3.13. The molecule has 0 atom stereocenters. The lowest BCUT2D eigenvalue weighted by Crippen LogP contribution is -2.10. The third-order valence-corrected chi connectivity index (χ3v) is 4.65. The second-order valence-corrected chi connectivity index (χ2v) is 6.93. The van der Waals surface area contributed by atoms with E-state index in [4.69, 9.17) is 4.42 Å². The minimum atomic E-state index is -0.303. The van der Waals surface area contributed by atoms with Crippen molar-refractivity contribution < 1.29 is 9.21 Å². The average molecular weight is 422 g/mol. The van der Waals surface area contributed by atoms with Crippen LogP contribution in [0.1, 0.15) is 10.6 Å².